The van der Waals surface area contributed by atoms with E-state index in [1.54, 1.807) is 0 Å². The quantitative estimate of drug-likeness (QED) is 0.162. The minimum Gasteiger partial charge on any atom is -0.310 e. The van der Waals surface area contributed by atoms with Crippen LogP contribution >= 0.6 is 0 Å². The molecule has 0 N–H and O–H groups in total. The van der Waals surface area contributed by atoms with E-state index in [-0.39, 0.29) is 0 Å². The average molecular weight is 755 g/mol. The van der Waals surface area contributed by atoms with Crippen LogP contribution in [0.5, 0.6) is 0 Å². The molecule has 0 fully saturated rings. The van der Waals surface area contributed by atoms with E-state index < -0.39 is 0 Å². The molecule has 0 saturated carbocycles. The first-order valence-corrected chi connectivity index (χ1v) is 20.2. The SMILES string of the molecule is C1=CCC=C(n2c3ccccc3c3cc(N(c4ccccc4)c4ccc(-c5nc6cccc(-c7cccc8ccccc78)c6nc5-c5ccccc5)cc4)ccc32)C=C1. The lowest BCUT2D eigenvalue weighted by atomic mass is 9.96. The van der Waals surface area contributed by atoms with Crippen molar-refractivity contribution >= 4 is 66.4 Å². The molecule has 0 bridgehead atoms. The lowest BCUT2D eigenvalue weighted by Gasteiger charge is -2.26. The van der Waals surface area contributed by atoms with Gasteiger partial charge in [-0.1, -0.05) is 158 Å². The molecule has 8 aromatic carbocycles. The van der Waals surface area contributed by atoms with E-state index in [0.717, 1.165) is 68.2 Å². The summed E-state index contributed by atoms with van der Waals surface area (Å²) >= 11 is 0. The molecule has 0 amide bonds. The van der Waals surface area contributed by atoms with Crippen LogP contribution in [-0.4, -0.2) is 14.5 Å². The van der Waals surface area contributed by atoms with Gasteiger partial charge in [-0.3, -0.25) is 0 Å². The number of aromatic nitrogens is 3. The van der Waals surface area contributed by atoms with Crippen LogP contribution in [0.1, 0.15) is 6.42 Å². The molecule has 0 unspecified atom stereocenters. The van der Waals surface area contributed by atoms with Crippen molar-refractivity contribution < 1.29 is 0 Å². The van der Waals surface area contributed by atoms with Crippen LogP contribution in [0.15, 0.2) is 218 Å². The van der Waals surface area contributed by atoms with E-state index in [4.69, 9.17) is 9.97 Å². The molecular weight excluding hydrogens is 717 g/mol. The molecule has 0 radical (unpaired) electrons. The van der Waals surface area contributed by atoms with Gasteiger partial charge in [-0.15, -0.1) is 0 Å². The number of para-hydroxylation sites is 3. The van der Waals surface area contributed by atoms with Crippen molar-refractivity contribution in [3.05, 3.63) is 218 Å². The van der Waals surface area contributed by atoms with Crippen molar-refractivity contribution in [3.63, 3.8) is 0 Å². The molecule has 0 saturated heterocycles. The topological polar surface area (TPSA) is 34.0 Å². The van der Waals surface area contributed by atoms with Gasteiger partial charge in [0.25, 0.3) is 0 Å². The number of rotatable bonds is 7. The number of nitrogens with zero attached hydrogens (tertiary/aromatic N) is 4. The van der Waals surface area contributed by atoms with Crippen molar-refractivity contribution in [1.82, 2.24) is 14.5 Å². The highest BCUT2D eigenvalue weighted by atomic mass is 15.1. The van der Waals surface area contributed by atoms with Crippen LogP contribution in [0, 0.1) is 0 Å². The summed E-state index contributed by atoms with van der Waals surface area (Å²) in [7, 11) is 0. The highest BCUT2D eigenvalue weighted by Crippen LogP contribution is 2.42. The molecule has 11 rings (SSSR count). The highest BCUT2D eigenvalue weighted by Gasteiger charge is 2.20. The molecule has 4 nitrogen and oxygen atoms in total. The van der Waals surface area contributed by atoms with Crippen LogP contribution in [0.2, 0.25) is 0 Å². The fraction of sp³-hybridized carbons (Fsp3) is 0.0182. The fourth-order valence-corrected chi connectivity index (χ4v) is 8.66. The Kier molecular flexibility index (Phi) is 8.52. The molecular formula is C55H38N4. The van der Waals surface area contributed by atoms with Gasteiger partial charge in [0.2, 0.25) is 0 Å². The summed E-state index contributed by atoms with van der Waals surface area (Å²) in [6.07, 6.45) is 11.8. The largest absolute Gasteiger partial charge is 0.310 e. The zero-order valence-electron chi connectivity index (χ0n) is 32.3. The summed E-state index contributed by atoms with van der Waals surface area (Å²) in [5.74, 6) is 0. The Morgan fingerprint density at radius 3 is 1.97 bits per heavy atom. The molecule has 2 aromatic heterocycles. The molecule has 59 heavy (non-hydrogen) atoms. The zero-order valence-corrected chi connectivity index (χ0v) is 32.3. The van der Waals surface area contributed by atoms with Crippen LogP contribution in [-0.2, 0) is 0 Å². The van der Waals surface area contributed by atoms with Gasteiger partial charge in [-0.05, 0) is 83.4 Å². The van der Waals surface area contributed by atoms with E-state index in [0.29, 0.717) is 0 Å². The van der Waals surface area contributed by atoms with Gasteiger partial charge in [0.15, 0.2) is 0 Å². The summed E-state index contributed by atoms with van der Waals surface area (Å²) < 4.78 is 2.39. The van der Waals surface area contributed by atoms with Crippen molar-refractivity contribution in [2.24, 2.45) is 0 Å². The van der Waals surface area contributed by atoms with Gasteiger partial charge in [0.1, 0.15) is 0 Å². The lowest BCUT2D eigenvalue weighted by molar-refractivity contribution is 1.21. The lowest BCUT2D eigenvalue weighted by Crippen LogP contribution is -2.09. The maximum atomic E-state index is 5.47. The maximum Gasteiger partial charge on any atom is 0.0973 e. The molecule has 0 spiro atoms. The van der Waals surface area contributed by atoms with Gasteiger partial charge in [0, 0.05) is 50.2 Å². The van der Waals surface area contributed by atoms with Crippen LogP contribution in [0.3, 0.4) is 0 Å². The minimum absolute atomic E-state index is 0.850. The summed E-state index contributed by atoms with van der Waals surface area (Å²) in [5.41, 5.74) is 14.5. The second-order valence-corrected chi connectivity index (χ2v) is 14.9. The molecule has 2 heterocycles. The molecule has 0 atom stereocenters. The highest BCUT2D eigenvalue weighted by molar-refractivity contribution is 6.12. The Hall–Kier alpha value is -7.82. The van der Waals surface area contributed by atoms with Gasteiger partial charge in [0.05, 0.1) is 33.5 Å². The maximum absolute atomic E-state index is 5.47. The first-order valence-electron chi connectivity index (χ1n) is 20.2. The van der Waals surface area contributed by atoms with Gasteiger partial charge in [-0.2, -0.15) is 0 Å². The third-order valence-electron chi connectivity index (χ3n) is 11.4. The van der Waals surface area contributed by atoms with E-state index in [9.17, 15) is 0 Å². The van der Waals surface area contributed by atoms with Crippen LogP contribution in [0.25, 0.3) is 83.0 Å². The van der Waals surface area contributed by atoms with Crippen molar-refractivity contribution in [2.45, 2.75) is 6.42 Å². The Morgan fingerprint density at radius 1 is 0.458 bits per heavy atom. The minimum atomic E-state index is 0.850. The number of hydrogen-bond donors (Lipinski definition) is 0. The van der Waals surface area contributed by atoms with Crippen LogP contribution < -0.4 is 4.90 Å². The van der Waals surface area contributed by atoms with E-state index in [1.807, 2.05) is 6.07 Å². The Morgan fingerprint density at radius 2 is 1.10 bits per heavy atom. The summed E-state index contributed by atoms with van der Waals surface area (Å²) in [6, 6.07) is 66.7. The second kappa shape index (κ2) is 14.6. The number of hydrogen-bond acceptors (Lipinski definition) is 3. The van der Waals surface area contributed by atoms with Gasteiger partial charge < -0.3 is 9.47 Å². The predicted octanol–water partition coefficient (Wildman–Crippen LogP) is 14.7. The summed E-state index contributed by atoms with van der Waals surface area (Å²) in [4.78, 5) is 13.2. The third kappa shape index (κ3) is 6.10. The van der Waals surface area contributed by atoms with E-state index in [2.05, 4.69) is 222 Å². The third-order valence-corrected chi connectivity index (χ3v) is 11.4. The summed E-state index contributed by atoms with van der Waals surface area (Å²) in [6.45, 7) is 0. The summed E-state index contributed by atoms with van der Waals surface area (Å²) in [5, 5.41) is 4.84. The first kappa shape index (κ1) is 34.4. The van der Waals surface area contributed by atoms with Crippen molar-refractivity contribution in [2.75, 3.05) is 4.90 Å². The van der Waals surface area contributed by atoms with Gasteiger partial charge in [-0.25, -0.2) is 9.97 Å². The van der Waals surface area contributed by atoms with Crippen LogP contribution in [0.4, 0.5) is 17.1 Å². The van der Waals surface area contributed by atoms with E-state index in [1.165, 1.54) is 38.3 Å². The normalized spacial score (nSPS) is 12.6. The molecule has 278 valence electrons. The predicted molar refractivity (Wildman–Crippen MR) is 248 cm³/mol. The number of fused-ring (bicyclic) bond motifs is 5. The van der Waals surface area contributed by atoms with E-state index >= 15 is 0 Å². The average Bonchev–Trinajstić information content (AvgIpc) is 3.41. The van der Waals surface area contributed by atoms with Gasteiger partial charge >= 0.3 is 0 Å². The smallest absolute Gasteiger partial charge is 0.0973 e. The van der Waals surface area contributed by atoms with Crippen molar-refractivity contribution in [3.8, 4) is 33.6 Å². The second-order valence-electron chi connectivity index (χ2n) is 14.9. The standard InChI is InChI=1S/C55H38N4/c1-2-8-24-42(23-7-1)59-51-30-14-13-26-47(51)49-37-44(35-36-52(49)59)58(41-21-9-4-10-22-41)43-33-31-40(32-34-43)53-54(39-18-5-3-6-19-39)57-55-48(28-16-29-50(55)56-53)46-27-15-20-38-17-11-12-25-45(38)46/h1-7,9-37H,8H2. The zero-order chi connectivity index (χ0) is 39.1. The first-order chi connectivity index (χ1) is 29.3. The Bertz CT molecular complexity index is 3280. The molecule has 1 aliphatic carbocycles. The molecule has 1 aliphatic rings. The Balaban J connectivity index is 1.05. The Labute approximate surface area is 343 Å². The number of allylic oxidation sites excluding steroid dienone is 6. The molecule has 10 aromatic rings. The molecule has 4 heteroatoms. The molecule has 0 aliphatic heterocycles. The number of benzene rings is 8. The van der Waals surface area contributed by atoms with Crippen molar-refractivity contribution in [1.29, 1.82) is 0 Å². The number of anilines is 3. The fourth-order valence-electron chi connectivity index (χ4n) is 8.66. The monoisotopic (exact) mass is 754 g/mol.